The third-order valence-electron chi connectivity index (χ3n) is 3.27. The Kier molecular flexibility index (Phi) is 7.37. The van der Waals surface area contributed by atoms with Gasteiger partial charge in [-0.15, -0.1) is 0 Å². The van der Waals surface area contributed by atoms with Gasteiger partial charge in [-0.25, -0.2) is 0 Å². The smallest absolute Gasteiger partial charge is 0.310 e. The summed E-state index contributed by atoms with van der Waals surface area (Å²) in [5, 5.41) is 4.22. The van der Waals surface area contributed by atoms with Crippen LogP contribution in [-0.4, -0.2) is 25.8 Å². The minimum absolute atomic E-state index is 0.150. The van der Waals surface area contributed by atoms with Gasteiger partial charge in [0.1, 0.15) is 6.61 Å². The molecule has 0 heterocycles. The highest BCUT2D eigenvalue weighted by atomic mass is 35.5. The molecule has 2 aromatic rings. The van der Waals surface area contributed by atoms with E-state index in [4.69, 9.17) is 32.7 Å². The summed E-state index contributed by atoms with van der Waals surface area (Å²) in [5.74, 6) is -0.311. The number of anilines is 2. The maximum atomic E-state index is 12.0. The lowest BCUT2D eigenvalue weighted by Gasteiger charge is -2.14. The Bertz CT molecular complexity index is 671. The first-order valence-electron chi connectivity index (χ1n) is 7.64. The van der Waals surface area contributed by atoms with Gasteiger partial charge < -0.3 is 14.8 Å². The first-order chi connectivity index (χ1) is 11.6. The van der Waals surface area contributed by atoms with E-state index >= 15 is 0 Å². The van der Waals surface area contributed by atoms with Crippen molar-refractivity contribution in [1.29, 1.82) is 0 Å². The molecule has 0 saturated carbocycles. The number of carbonyl (C=O) groups is 1. The van der Waals surface area contributed by atoms with E-state index in [0.29, 0.717) is 28.9 Å². The van der Waals surface area contributed by atoms with Crippen molar-refractivity contribution in [3.8, 4) is 0 Å². The van der Waals surface area contributed by atoms with Crippen molar-refractivity contribution in [3.63, 3.8) is 0 Å². The number of benzene rings is 2. The van der Waals surface area contributed by atoms with Gasteiger partial charge in [0.25, 0.3) is 0 Å². The maximum Gasteiger partial charge on any atom is 0.310 e. The zero-order chi connectivity index (χ0) is 17.4. The van der Waals surface area contributed by atoms with E-state index in [2.05, 4.69) is 5.32 Å². The standard InChI is InChI=1S/C18H19Cl2NO3/c1-2-23-10-11-24-17(22)12-13-6-3-4-9-16(13)21-18-14(19)7-5-8-15(18)20/h3-9,21H,2,10-12H2,1H3. The Labute approximate surface area is 151 Å². The number of hydrogen-bond donors (Lipinski definition) is 1. The largest absolute Gasteiger partial charge is 0.463 e. The first-order valence-corrected chi connectivity index (χ1v) is 8.39. The van der Waals surface area contributed by atoms with Crippen molar-refractivity contribution < 1.29 is 14.3 Å². The zero-order valence-electron chi connectivity index (χ0n) is 13.4. The molecule has 0 aliphatic carbocycles. The summed E-state index contributed by atoms with van der Waals surface area (Å²) in [7, 11) is 0. The second kappa shape index (κ2) is 9.52. The third-order valence-corrected chi connectivity index (χ3v) is 3.90. The fourth-order valence-corrected chi connectivity index (χ4v) is 2.61. The Balaban J connectivity index is 2.06. The maximum absolute atomic E-state index is 12.0. The van der Waals surface area contributed by atoms with Gasteiger partial charge in [-0.05, 0) is 30.7 Å². The van der Waals surface area contributed by atoms with Crippen LogP contribution in [0.5, 0.6) is 0 Å². The molecule has 128 valence electrons. The zero-order valence-corrected chi connectivity index (χ0v) is 14.9. The van der Waals surface area contributed by atoms with Gasteiger partial charge >= 0.3 is 5.97 Å². The molecular formula is C18H19Cl2NO3. The molecule has 0 saturated heterocycles. The molecule has 0 unspecified atom stereocenters. The molecule has 0 aromatic heterocycles. The van der Waals surface area contributed by atoms with Crippen LogP contribution in [0.25, 0.3) is 0 Å². The van der Waals surface area contributed by atoms with E-state index in [1.807, 2.05) is 31.2 Å². The minimum Gasteiger partial charge on any atom is -0.463 e. The Morgan fingerprint density at radius 3 is 2.46 bits per heavy atom. The summed E-state index contributed by atoms with van der Waals surface area (Å²) in [5.41, 5.74) is 2.17. The van der Waals surface area contributed by atoms with Gasteiger partial charge in [0.05, 0.1) is 28.8 Å². The molecule has 0 fully saturated rings. The summed E-state index contributed by atoms with van der Waals surface area (Å²) < 4.78 is 10.3. The van der Waals surface area contributed by atoms with Gasteiger partial charge in [-0.3, -0.25) is 4.79 Å². The van der Waals surface area contributed by atoms with E-state index < -0.39 is 0 Å². The molecule has 0 radical (unpaired) electrons. The number of nitrogens with one attached hydrogen (secondary N) is 1. The molecule has 0 spiro atoms. The highest BCUT2D eigenvalue weighted by Gasteiger charge is 2.12. The van der Waals surface area contributed by atoms with Crippen LogP contribution < -0.4 is 5.32 Å². The minimum atomic E-state index is -0.311. The third kappa shape index (κ3) is 5.41. The van der Waals surface area contributed by atoms with Crippen molar-refractivity contribution >= 4 is 40.5 Å². The van der Waals surface area contributed by atoms with E-state index in [9.17, 15) is 4.79 Å². The average molecular weight is 368 g/mol. The van der Waals surface area contributed by atoms with Crippen LogP contribution >= 0.6 is 23.2 Å². The first kappa shape index (κ1) is 18.6. The Morgan fingerprint density at radius 2 is 1.75 bits per heavy atom. The van der Waals surface area contributed by atoms with Crippen molar-refractivity contribution in [2.75, 3.05) is 25.1 Å². The Morgan fingerprint density at radius 1 is 1.04 bits per heavy atom. The number of esters is 1. The van der Waals surface area contributed by atoms with Crippen molar-refractivity contribution in [2.45, 2.75) is 13.3 Å². The van der Waals surface area contributed by atoms with E-state index in [1.54, 1.807) is 18.2 Å². The molecule has 0 aliphatic rings. The predicted molar refractivity (Wildman–Crippen MR) is 97.3 cm³/mol. The van der Waals surface area contributed by atoms with E-state index in [1.165, 1.54) is 0 Å². The summed E-state index contributed by atoms with van der Waals surface area (Å²) in [6.45, 7) is 3.14. The van der Waals surface area contributed by atoms with Gasteiger partial charge in [0, 0.05) is 12.3 Å². The fraction of sp³-hybridized carbons (Fsp3) is 0.278. The molecule has 4 nitrogen and oxygen atoms in total. The quantitative estimate of drug-likeness (QED) is 0.534. The second-order valence-corrected chi connectivity index (χ2v) is 5.79. The topological polar surface area (TPSA) is 47.6 Å². The number of ether oxygens (including phenoxy) is 2. The van der Waals surface area contributed by atoms with Crippen LogP contribution in [-0.2, 0) is 20.7 Å². The van der Waals surface area contributed by atoms with Gasteiger partial charge in [0.15, 0.2) is 0 Å². The highest BCUT2D eigenvalue weighted by molar-refractivity contribution is 6.39. The number of carbonyl (C=O) groups excluding carboxylic acids is 1. The van der Waals surface area contributed by atoms with Crippen LogP contribution in [0.3, 0.4) is 0 Å². The molecular weight excluding hydrogens is 349 g/mol. The monoisotopic (exact) mass is 367 g/mol. The summed E-state index contributed by atoms with van der Waals surface area (Å²) in [6, 6.07) is 12.7. The molecule has 0 bridgehead atoms. The number of hydrogen-bond acceptors (Lipinski definition) is 4. The predicted octanol–water partition coefficient (Wildman–Crippen LogP) is 4.86. The molecule has 0 amide bonds. The normalized spacial score (nSPS) is 10.5. The summed E-state index contributed by atoms with van der Waals surface area (Å²) >= 11 is 12.4. The molecule has 2 rings (SSSR count). The number of rotatable bonds is 8. The Hall–Kier alpha value is -1.75. The molecule has 6 heteroatoms. The van der Waals surface area contributed by atoms with Crippen LogP contribution in [0.15, 0.2) is 42.5 Å². The van der Waals surface area contributed by atoms with Gasteiger partial charge in [-0.1, -0.05) is 47.5 Å². The molecule has 1 N–H and O–H groups in total. The molecule has 24 heavy (non-hydrogen) atoms. The lowest BCUT2D eigenvalue weighted by molar-refractivity contribution is -0.144. The van der Waals surface area contributed by atoms with Crippen LogP contribution in [0, 0.1) is 0 Å². The van der Waals surface area contributed by atoms with Gasteiger partial charge in [-0.2, -0.15) is 0 Å². The molecule has 0 atom stereocenters. The fourth-order valence-electron chi connectivity index (χ4n) is 2.11. The molecule has 0 aliphatic heterocycles. The van der Waals surface area contributed by atoms with E-state index in [0.717, 1.165) is 11.3 Å². The van der Waals surface area contributed by atoms with Gasteiger partial charge in [0.2, 0.25) is 0 Å². The van der Waals surface area contributed by atoms with Crippen LogP contribution in [0.2, 0.25) is 10.0 Å². The second-order valence-electron chi connectivity index (χ2n) is 4.97. The number of halogens is 2. The van der Waals surface area contributed by atoms with E-state index in [-0.39, 0.29) is 19.0 Å². The lowest BCUT2D eigenvalue weighted by Crippen LogP contribution is -2.13. The molecule has 2 aromatic carbocycles. The lowest BCUT2D eigenvalue weighted by atomic mass is 10.1. The van der Waals surface area contributed by atoms with Crippen LogP contribution in [0.4, 0.5) is 11.4 Å². The van der Waals surface area contributed by atoms with Crippen LogP contribution in [0.1, 0.15) is 12.5 Å². The van der Waals surface area contributed by atoms with Crippen molar-refractivity contribution in [1.82, 2.24) is 0 Å². The van der Waals surface area contributed by atoms with Crippen molar-refractivity contribution in [3.05, 3.63) is 58.1 Å². The SMILES string of the molecule is CCOCCOC(=O)Cc1ccccc1Nc1c(Cl)cccc1Cl. The number of para-hydroxylation sites is 2. The van der Waals surface area contributed by atoms with Crippen molar-refractivity contribution in [2.24, 2.45) is 0 Å². The summed E-state index contributed by atoms with van der Waals surface area (Å²) in [4.78, 5) is 12.0. The highest BCUT2D eigenvalue weighted by Crippen LogP contribution is 2.33. The average Bonchev–Trinajstić information content (AvgIpc) is 2.56. The summed E-state index contributed by atoms with van der Waals surface area (Å²) in [6.07, 6.45) is 0.150.